The van der Waals surface area contributed by atoms with Crippen LogP contribution in [-0.4, -0.2) is 24.0 Å². The molecule has 1 saturated heterocycles. The highest BCUT2D eigenvalue weighted by Gasteiger charge is 2.45. The van der Waals surface area contributed by atoms with Crippen molar-refractivity contribution in [2.45, 2.75) is 5.92 Å². The molecule has 3 nitrogen and oxygen atoms in total. The summed E-state index contributed by atoms with van der Waals surface area (Å²) in [5.74, 6) is -2.14. The molecular formula is C10H7BrF2N2O. The van der Waals surface area contributed by atoms with Gasteiger partial charge in [-0.15, -0.1) is 0 Å². The summed E-state index contributed by atoms with van der Waals surface area (Å²) in [5.41, 5.74) is 0.554. The first-order valence-electron chi connectivity index (χ1n) is 4.72. The molecule has 0 bridgehead atoms. The van der Waals surface area contributed by atoms with E-state index >= 15 is 0 Å². The number of nitrogens with zero attached hydrogens (tertiary/aromatic N) is 2. The lowest BCUT2D eigenvalue weighted by Gasteiger charge is -2.39. The van der Waals surface area contributed by atoms with Gasteiger partial charge in [-0.2, -0.15) is 0 Å². The third kappa shape index (κ3) is 1.48. The number of hydrogen-bond donors (Lipinski definition) is 0. The van der Waals surface area contributed by atoms with E-state index in [0.29, 0.717) is 16.0 Å². The van der Waals surface area contributed by atoms with Gasteiger partial charge in [0.15, 0.2) is 11.4 Å². The second-order valence-corrected chi connectivity index (χ2v) is 4.63. The maximum Gasteiger partial charge on any atom is 0.282 e. The maximum absolute atomic E-state index is 12.8. The number of pyridine rings is 1. The predicted octanol–water partition coefficient (Wildman–Crippen LogP) is 3.05. The molecule has 1 fully saturated rings. The van der Waals surface area contributed by atoms with Crippen LogP contribution in [0.4, 0.5) is 14.6 Å². The van der Waals surface area contributed by atoms with Gasteiger partial charge in [-0.25, -0.2) is 13.8 Å². The Hall–Kier alpha value is -1.17. The number of alkyl halides is 2. The van der Waals surface area contributed by atoms with Crippen LogP contribution in [0.1, 0.15) is 0 Å². The standard InChI is InChI=1S/C10H7BrF2N2O/c11-7-3-6-1-2-16-8(6)9(14-7)15-4-10(12,13)5-15/h1-3H,4-5H2. The Morgan fingerprint density at radius 2 is 2.19 bits per heavy atom. The topological polar surface area (TPSA) is 29.3 Å². The number of furan rings is 1. The Balaban J connectivity index is 2.06. The molecule has 0 spiro atoms. The Morgan fingerprint density at radius 1 is 1.44 bits per heavy atom. The van der Waals surface area contributed by atoms with E-state index in [1.54, 1.807) is 12.1 Å². The summed E-state index contributed by atoms with van der Waals surface area (Å²) in [6.07, 6.45) is 1.53. The predicted molar refractivity (Wildman–Crippen MR) is 58.9 cm³/mol. The highest BCUT2D eigenvalue weighted by molar-refractivity contribution is 9.10. The summed E-state index contributed by atoms with van der Waals surface area (Å²) in [6.45, 7) is -0.599. The third-order valence-electron chi connectivity index (χ3n) is 2.53. The van der Waals surface area contributed by atoms with Gasteiger partial charge >= 0.3 is 0 Å². The smallest absolute Gasteiger partial charge is 0.282 e. The summed E-state index contributed by atoms with van der Waals surface area (Å²) in [5, 5.41) is 0.854. The molecule has 84 valence electrons. The number of rotatable bonds is 1. The van der Waals surface area contributed by atoms with Gasteiger partial charge in [-0.05, 0) is 28.1 Å². The van der Waals surface area contributed by atoms with E-state index in [4.69, 9.17) is 4.42 Å². The fourth-order valence-corrected chi connectivity index (χ4v) is 2.22. The van der Waals surface area contributed by atoms with E-state index < -0.39 is 5.92 Å². The average molecular weight is 289 g/mol. The van der Waals surface area contributed by atoms with Crippen molar-refractivity contribution in [3.63, 3.8) is 0 Å². The van der Waals surface area contributed by atoms with Crippen LogP contribution >= 0.6 is 15.9 Å². The lowest BCUT2D eigenvalue weighted by Crippen LogP contribution is -2.56. The fraction of sp³-hybridized carbons (Fsp3) is 0.300. The van der Waals surface area contributed by atoms with E-state index in [1.165, 1.54) is 11.2 Å². The SMILES string of the molecule is FC1(F)CN(c2nc(Br)cc3ccoc23)C1. The highest BCUT2D eigenvalue weighted by atomic mass is 79.9. The summed E-state index contributed by atoms with van der Waals surface area (Å²) in [7, 11) is 0. The molecule has 1 aliphatic heterocycles. The molecule has 0 aromatic carbocycles. The van der Waals surface area contributed by atoms with Crippen molar-refractivity contribution in [2.75, 3.05) is 18.0 Å². The zero-order valence-electron chi connectivity index (χ0n) is 8.08. The van der Waals surface area contributed by atoms with Crippen molar-refractivity contribution in [2.24, 2.45) is 0 Å². The quantitative estimate of drug-likeness (QED) is 0.756. The molecule has 3 heterocycles. The molecule has 16 heavy (non-hydrogen) atoms. The van der Waals surface area contributed by atoms with E-state index in [-0.39, 0.29) is 13.1 Å². The lowest BCUT2D eigenvalue weighted by atomic mass is 10.1. The van der Waals surface area contributed by atoms with E-state index in [9.17, 15) is 8.78 Å². The minimum absolute atomic E-state index is 0.299. The molecule has 2 aromatic heterocycles. The van der Waals surface area contributed by atoms with Crippen molar-refractivity contribution in [3.05, 3.63) is 23.0 Å². The van der Waals surface area contributed by atoms with Crippen LogP contribution in [-0.2, 0) is 0 Å². The zero-order chi connectivity index (χ0) is 11.3. The Bertz CT molecular complexity index is 547. The largest absolute Gasteiger partial charge is 0.460 e. The number of anilines is 1. The minimum atomic E-state index is -2.61. The number of aromatic nitrogens is 1. The molecule has 0 saturated carbocycles. The van der Waals surface area contributed by atoms with E-state index in [0.717, 1.165) is 5.39 Å². The van der Waals surface area contributed by atoms with Crippen molar-refractivity contribution in [1.82, 2.24) is 4.98 Å². The van der Waals surface area contributed by atoms with Gasteiger partial charge < -0.3 is 9.32 Å². The number of halogens is 3. The molecule has 3 rings (SSSR count). The fourth-order valence-electron chi connectivity index (χ4n) is 1.80. The van der Waals surface area contributed by atoms with Crippen LogP contribution in [0.15, 0.2) is 27.4 Å². The summed E-state index contributed by atoms with van der Waals surface area (Å²) in [4.78, 5) is 5.69. The normalized spacial score (nSPS) is 18.8. The summed E-state index contributed by atoms with van der Waals surface area (Å²) in [6, 6.07) is 3.57. The molecular weight excluding hydrogens is 282 g/mol. The average Bonchev–Trinajstić information content (AvgIpc) is 2.60. The molecule has 2 aromatic rings. The van der Waals surface area contributed by atoms with Crippen LogP contribution in [0.25, 0.3) is 11.0 Å². The molecule has 0 N–H and O–H groups in total. The van der Waals surface area contributed by atoms with Crippen LogP contribution < -0.4 is 4.90 Å². The molecule has 6 heteroatoms. The summed E-state index contributed by atoms with van der Waals surface area (Å²) < 4.78 is 31.5. The third-order valence-corrected chi connectivity index (χ3v) is 2.94. The van der Waals surface area contributed by atoms with Gasteiger partial charge in [-0.3, -0.25) is 0 Å². The molecule has 0 unspecified atom stereocenters. The molecule has 1 aliphatic rings. The second-order valence-electron chi connectivity index (χ2n) is 3.82. The van der Waals surface area contributed by atoms with Crippen LogP contribution in [0.2, 0.25) is 0 Å². The van der Waals surface area contributed by atoms with Gasteiger partial charge in [0.05, 0.1) is 19.4 Å². The summed E-state index contributed by atoms with van der Waals surface area (Å²) >= 11 is 3.25. The van der Waals surface area contributed by atoms with Crippen molar-refractivity contribution in [1.29, 1.82) is 0 Å². The van der Waals surface area contributed by atoms with Crippen molar-refractivity contribution >= 4 is 32.7 Å². The van der Waals surface area contributed by atoms with E-state index in [1.807, 2.05) is 0 Å². The Kier molecular flexibility index (Phi) is 1.98. The van der Waals surface area contributed by atoms with Crippen LogP contribution in [0, 0.1) is 0 Å². The first kappa shape index (κ1) is 10.0. The van der Waals surface area contributed by atoms with Gasteiger partial charge in [0.2, 0.25) is 0 Å². The van der Waals surface area contributed by atoms with Crippen molar-refractivity contribution in [3.8, 4) is 0 Å². The zero-order valence-corrected chi connectivity index (χ0v) is 9.67. The van der Waals surface area contributed by atoms with Gasteiger partial charge in [0.1, 0.15) is 4.60 Å². The van der Waals surface area contributed by atoms with Gasteiger partial charge in [0, 0.05) is 5.39 Å². The highest BCUT2D eigenvalue weighted by Crippen LogP contribution is 2.36. The Labute approximate surface area is 98.2 Å². The van der Waals surface area contributed by atoms with Crippen molar-refractivity contribution < 1.29 is 13.2 Å². The Morgan fingerprint density at radius 3 is 2.88 bits per heavy atom. The van der Waals surface area contributed by atoms with Gasteiger partial charge in [0.25, 0.3) is 5.92 Å². The molecule has 0 amide bonds. The van der Waals surface area contributed by atoms with E-state index in [2.05, 4.69) is 20.9 Å². The first-order chi connectivity index (χ1) is 7.55. The van der Waals surface area contributed by atoms with Crippen LogP contribution in [0.5, 0.6) is 0 Å². The second kappa shape index (κ2) is 3.16. The molecule has 0 aliphatic carbocycles. The molecule has 0 radical (unpaired) electrons. The number of hydrogen-bond acceptors (Lipinski definition) is 3. The molecule has 0 atom stereocenters. The minimum Gasteiger partial charge on any atom is -0.460 e. The number of fused-ring (bicyclic) bond motifs is 1. The first-order valence-corrected chi connectivity index (χ1v) is 5.51. The monoisotopic (exact) mass is 288 g/mol. The lowest BCUT2D eigenvalue weighted by molar-refractivity contribution is -0.0266. The van der Waals surface area contributed by atoms with Crippen LogP contribution in [0.3, 0.4) is 0 Å². The van der Waals surface area contributed by atoms with Gasteiger partial charge in [-0.1, -0.05) is 0 Å². The maximum atomic E-state index is 12.8.